The Hall–Kier alpha value is -2.33. The first-order valence-electron chi connectivity index (χ1n) is 8.29. The van der Waals surface area contributed by atoms with Crippen molar-refractivity contribution < 1.29 is 14.6 Å². The van der Waals surface area contributed by atoms with Crippen molar-refractivity contribution in [3.05, 3.63) is 54.1 Å². The fourth-order valence-corrected chi connectivity index (χ4v) is 2.47. The Labute approximate surface area is 143 Å². The summed E-state index contributed by atoms with van der Waals surface area (Å²) in [6.07, 6.45) is 0.300. The summed E-state index contributed by atoms with van der Waals surface area (Å²) >= 11 is 0. The smallest absolute Gasteiger partial charge is 0.333 e. The Kier molecular flexibility index (Phi) is 6.38. The van der Waals surface area contributed by atoms with Crippen molar-refractivity contribution in [3.8, 4) is 11.1 Å². The van der Waals surface area contributed by atoms with E-state index in [1.54, 1.807) is 0 Å². The molecule has 0 heterocycles. The van der Waals surface area contributed by atoms with E-state index in [1.807, 2.05) is 57.3 Å². The highest BCUT2D eigenvalue weighted by Gasteiger charge is 2.20. The van der Waals surface area contributed by atoms with Crippen molar-refractivity contribution in [2.45, 2.75) is 38.9 Å². The molecule has 4 heteroatoms. The number of benzene rings is 2. The van der Waals surface area contributed by atoms with Gasteiger partial charge in [0.2, 0.25) is 0 Å². The van der Waals surface area contributed by atoms with Crippen LogP contribution in [0.25, 0.3) is 11.1 Å². The molecule has 0 spiro atoms. The van der Waals surface area contributed by atoms with Crippen LogP contribution in [0.2, 0.25) is 0 Å². The van der Waals surface area contributed by atoms with Gasteiger partial charge in [-0.2, -0.15) is 0 Å². The van der Waals surface area contributed by atoms with Gasteiger partial charge >= 0.3 is 5.97 Å². The molecule has 0 aliphatic heterocycles. The molecule has 0 aromatic heterocycles. The summed E-state index contributed by atoms with van der Waals surface area (Å²) < 4.78 is 5.60. The molecule has 0 aliphatic rings. The molecule has 2 aromatic carbocycles. The van der Waals surface area contributed by atoms with Crippen LogP contribution in [0.5, 0.6) is 0 Å². The predicted molar refractivity (Wildman–Crippen MR) is 97.4 cm³/mol. The second kappa shape index (κ2) is 8.50. The van der Waals surface area contributed by atoms with Crippen LogP contribution in [0.4, 0.5) is 5.69 Å². The minimum absolute atomic E-state index is 0.0605. The number of ether oxygens (including phenoxy) is 1. The first kappa shape index (κ1) is 18.0. The summed E-state index contributed by atoms with van der Waals surface area (Å²) in [6, 6.07) is 16.1. The third-order valence-corrected chi connectivity index (χ3v) is 4.11. The molecule has 24 heavy (non-hydrogen) atoms. The Bertz CT molecular complexity index is 667. The summed E-state index contributed by atoms with van der Waals surface area (Å²) in [5.74, 6) is -0.916. The topological polar surface area (TPSA) is 58.6 Å². The van der Waals surface area contributed by atoms with Gasteiger partial charge in [0.1, 0.15) is 0 Å². The highest BCUT2D eigenvalue weighted by atomic mass is 16.5. The average molecular weight is 327 g/mol. The van der Waals surface area contributed by atoms with Gasteiger partial charge in [-0.15, -0.1) is 0 Å². The van der Waals surface area contributed by atoms with Gasteiger partial charge in [-0.25, -0.2) is 4.79 Å². The van der Waals surface area contributed by atoms with E-state index in [0.717, 1.165) is 28.8 Å². The first-order chi connectivity index (χ1) is 11.5. The summed E-state index contributed by atoms with van der Waals surface area (Å²) in [6.45, 7) is 3.88. The number of nitrogens with one attached hydrogen (secondary N) is 1. The maximum Gasteiger partial charge on any atom is 0.333 e. The Morgan fingerprint density at radius 2 is 1.88 bits per heavy atom. The van der Waals surface area contributed by atoms with Crippen LogP contribution in [-0.4, -0.2) is 30.3 Å². The van der Waals surface area contributed by atoms with Crippen LogP contribution >= 0.6 is 0 Å². The Morgan fingerprint density at radius 1 is 1.17 bits per heavy atom. The van der Waals surface area contributed by atoms with Gasteiger partial charge in [0.15, 0.2) is 6.10 Å². The van der Waals surface area contributed by atoms with Crippen LogP contribution in [0.15, 0.2) is 48.5 Å². The van der Waals surface area contributed by atoms with Gasteiger partial charge < -0.3 is 15.2 Å². The number of aliphatic carboxylic acids is 1. The summed E-state index contributed by atoms with van der Waals surface area (Å²) in [5.41, 5.74) is 4.24. The molecule has 128 valence electrons. The van der Waals surface area contributed by atoms with Crippen LogP contribution in [0.3, 0.4) is 0 Å². The number of anilines is 1. The lowest BCUT2D eigenvalue weighted by atomic mass is 10.0. The van der Waals surface area contributed by atoms with Crippen molar-refractivity contribution in [2.75, 3.05) is 12.4 Å². The highest BCUT2D eigenvalue weighted by Crippen LogP contribution is 2.23. The minimum atomic E-state index is -0.916. The first-order valence-corrected chi connectivity index (χ1v) is 8.29. The SMILES string of the molecule is CCC(C)OC(Cc1ccc(-c2cccc(NC)c2)cc1)C(=O)O. The van der Waals surface area contributed by atoms with Gasteiger partial charge in [-0.3, -0.25) is 0 Å². The maximum absolute atomic E-state index is 11.4. The molecule has 2 N–H and O–H groups in total. The van der Waals surface area contributed by atoms with E-state index in [0.29, 0.717) is 6.42 Å². The lowest BCUT2D eigenvalue weighted by molar-refractivity contribution is -0.153. The number of carboxylic acids is 1. The van der Waals surface area contributed by atoms with Gasteiger partial charge in [0, 0.05) is 19.2 Å². The van der Waals surface area contributed by atoms with E-state index in [9.17, 15) is 9.90 Å². The van der Waals surface area contributed by atoms with Crippen molar-refractivity contribution in [1.82, 2.24) is 0 Å². The Balaban J connectivity index is 2.11. The molecular weight excluding hydrogens is 302 g/mol. The monoisotopic (exact) mass is 327 g/mol. The number of carbonyl (C=O) groups is 1. The van der Waals surface area contributed by atoms with E-state index in [1.165, 1.54) is 0 Å². The molecular formula is C20H25NO3. The second-order valence-electron chi connectivity index (χ2n) is 5.91. The van der Waals surface area contributed by atoms with Gasteiger partial charge in [-0.05, 0) is 42.2 Å². The van der Waals surface area contributed by atoms with E-state index < -0.39 is 12.1 Å². The van der Waals surface area contributed by atoms with Crippen molar-refractivity contribution in [3.63, 3.8) is 0 Å². The molecule has 0 radical (unpaired) electrons. The van der Waals surface area contributed by atoms with E-state index in [-0.39, 0.29) is 6.10 Å². The number of rotatable bonds is 8. The summed E-state index contributed by atoms with van der Waals surface area (Å²) in [5, 5.41) is 12.5. The average Bonchev–Trinajstić information content (AvgIpc) is 2.61. The lowest BCUT2D eigenvalue weighted by Gasteiger charge is -2.18. The zero-order chi connectivity index (χ0) is 17.5. The molecule has 2 aromatic rings. The zero-order valence-corrected chi connectivity index (χ0v) is 14.5. The van der Waals surface area contributed by atoms with Gasteiger partial charge in [0.05, 0.1) is 6.10 Å². The molecule has 0 saturated heterocycles. The fraction of sp³-hybridized carbons (Fsp3) is 0.350. The number of carboxylic acid groups (broad SMARTS) is 1. The van der Waals surface area contributed by atoms with Crippen LogP contribution in [0, 0.1) is 0 Å². The van der Waals surface area contributed by atoms with Crippen molar-refractivity contribution >= 4 is 11.7 Å². The zero-order valence-electron chi connectivity index (χ0n) is 14.5. The number of hydrogen-bond donors (Lipinski definition) is 2. The van der Waals surface area contributed by atoms with Crippen LogP contribution < -0.4 is 5.32 Å². The predicted octanol–water partition coefficient (Wildman–Crippen LogP) is 4.21. The highest BCUT2D eigenvalue weighted by molar-refractivity contribution is 5.73. The lowest BCUT2D eigenvalue weighted by Crippen LogP contribution is -2.30. The molecule has 2 rings (SSSR count). The molecule has 0 fully saturated rings. The number of hydrogen-bond acceptors (Lipinski definition) is 3. The molecule has 0 bridgehead atoms. The largest absolute Gasteiger partial charge is 0.479 e. The Morgan fingerprint density at radius 3 is 2.46 bits per heavy atom. The van der Waals surface area contributed by atoms with E-state index in [4.69, 9.17) is 4.74 Å². The van der Waals surface area contributed by atoms with Crippen LogP contribution in [0.1, 0.15) is 25.8 Å². The fourth-order valence-electron chi connectivity index (χ4n) is 2.47. The molecule has 2 unspecified atom stereocenters. The third-order valence-electron chi connectivity index (χ3n) is 4.11. The van der Waals surface area contributed by atoms with Gasteiger partial charge in [-0.1, -0.05) is 43.3 Å². The molecule has 4 nitrogen and oxygen atoms in total. The summed E-state index contributed by atoms with van der Waals surface area (Å²) in [7, 11) is 1.89. The molecule has 0 saturated carbocycles. The minimum Gasteiger partial charge on any atom is -0.479 e. The second-order valence-corrected chi connectivity index (χ2v) is 5.91. The van der Waals surface area contributed by atoms with E-state index >= 15 is 0 Å². The van der Waals surface area contributed by atoms with Crippen molar-refractivity contribution in [1.29, 1.82) is 0 Å². The molecule has 0 aliphatic carbocycles. The van der Waals surface area contributed by atoms with Crippen molar-refractivity contribution in [2.24, 2.45) is 0 Å². The normalized spacial score (nSPS) is 13.3. The van der Waals surface area contributed by atoms with Crippen LogP contribution in [-0.2, 0) is 16.0 Å². The summed E-state index contributed by atoms with van der Waals surface area (Å²) in [4.78, 5) is 11.4. The standard InChI is InChI=1S/C20H25NO3/c1-4-14(2)24-19(20(22)23)12-15-8-10-16(11-9-15)17-6-5-7-18(13-17)21-3/h5-11,13-14,19,21H,4,12H2,1-3H3,(H,22,23). The quantitative estimate of drug-likeness (QED) is 0.762. The maximum atomic E-state index is 11.4. The van der Waals surface area contributed by atoms with E-state index in [2.05, 4.69) is 17.4 Å². The van der Waals surface area contributed by atoms with Gasteiger partial charge in [0.25, 0.3) is 0 Å². The third kappa shape index (κ3) is 4.83. The molecule has 2 atom stereocenters. The molecule has 0 amide bonds.